The maximum absolute atomic E-state index is 14.8. The zero-order chi connectivity index (χ0) is 22.4. The number of rotatable bonds is 2. The van der Waals surface area contributed by atoms with Crippen LogP contribution in [0.3, 0.4) is 0 Å². The Bertz CT molecular complexity index is 678. The van der Waals surface area contributed by atoms with Crippen LogP contribution in [0.25, 0.3) is 0 Å². The lowest BCUT2D eigenvalue weighted by molar-refractivity contribution is -0.281. The Morgan fingerprint density at radius 1 is 0.500 bits per heavy atom. The van der Waals surface area contributed by atoms with Gasteiger partial charge in [-0.1, -0.05) is 0 Å². The Morgan fingerprint density at radius 3 is 1.00 bits per heavy atom. The number of hydrogen-bond donors (Lipinski definition) is 0. The van der Waals surface area contributed by atoms with Gasteiger partial charge in [-0.05, 0) is 56.2 Å². The van der Waals surface area contributed by atoms with Gasteiger partial charge in [0.2, 0.25) is 0 Å². The minimum absolute atomic E-state index is 0.601. The van der Waals surface area contributed by atoms with Gasteiger partial charge in [0.15, 0.2) is 11.1 Å². The molecule has 0 heterocycles. The van der Waals surface area contributed by atoms with Crippen LogP contribution < -0.4 is 0 Å². The summed E-state index contributed by atoms with van der Waals surface area (Å²) in [4.78, 5) is 0. The quantitative estimate of drug-likeness (QED) is 0.151. The zero-order valence-corrected chi connectivity index (χ0v) is 16.5. The molecule has 4 atom stereocenters. The minimum atomic E-state index is -6.31. The van der Waals surface area contributed by atoms with Crippen LogP contribution in [0.1, 0.15) is 0 Å². The Labute approximate surface area is 170 Å². The minimum Gasteiger partial charge on any atom is -0.240 e. The summed E-state index contributed by atoms with van der Waals surface area (Å²) in [5.74, 6) is -24.7. The maximum Gasteiger partial charge on any atom is 0.359 e. The first kappa shape index (κ1) is 24.2. The summed E-state index contributed by atoms with van der Waals surface area (Å²) in [7, 11) is 0. The van der Waals surface area contributed by atoms with Gasteiger partial charge in [0.05, 0.1) is 0 Å². The molecule has 0 radical (unpaired) electrons. The van der Waals surface area contributed by atoms with Gasteiger partial charge in [0, 0.05) is 0 Å². The summed E-state index contributed by atoms with van der Waals surface area (Å²) in [5, 5.41) is 0. The third-order valence-electron chi connectivity index (χ3n) is 4.40. The van der Waals surface area contributed by atoms with Gasteiger partial charge in [-0.15, -0.1) is 0 Å². The fraction of sp³-hybridized carbons (Fsp3) is 0.667. The molecule has 0 N–H and O–H groups in total. The highest BCUT2D eigenvalue weighted by Crippen LogP contribution is 2.64. The average molecular weight is 582 g/mol. The fourth-order valence-corrected chi connectivity index (χ4v) is 3.75. The normalized spacial score (nSPS) is 45.7. The van der Waals surface area contributed by atoms with E-state index in [4.69, 9.17) is 11.5 Å². The van der Waals surface area contributed by atoms with E-state index in [1.807, 2.05) is 0 Å². The highest BCUT2D eigenvalue weighted by atomic mass is 79.9. The molecule has 0 saturated carbocycles. The van der Waals surface area contributed by atoms with Gasteiger partial charge < -0.3 is 0 Å². The second-order valence-corrected chi connectivity index (χ2v) is 8.85. The van der Waals surface area contributed by atoms with Crippen molar-refractivity contribution in [3.05, 3.63) is 24.3 Å². The number of halogens is 15. The lowest BCUT2D eigenvalue weighted by atomic mass is 9.43. The van der Waals surface area contributed by atoms with E-state index in [0.717, 1.165) is 0 Å². The summed E-state index contributed by atoms with van der Waals surface area (Å²) >= 11 is 8.04. The molecule has 0 aromatic rings. The van der Waals surface area contributed by atoms with Crippen molar-refractivity contribution in [2.24, 2.45) is 0 Å². The standard InChI is InChI=1S/C12H4BBr2ClF12/c14-7(19)3-1-5(17,9(21,22)11(7,25)26)13(16)6(18)2-4-8(15,20)12(27,28)10(6,23)24/h1-4H. The van der Waals surface area contributed by atoms with Crippen LogP contribution in [0.4, 0.5) is 52.7 Å². The van der Waals surface area contributed by atoms with E-state index in [9.17, 15) is 52.7 Å². The first-order valence-electron chi connectivity index (χ1n) is 6.76. The molecule has 0 amide bonds. The molecule has 160 valence electrons. The van der Waals surface area contributed by atoms with Crippen molar-refractivity contribution >= 4 is 49.4 Å². The van der Waals surface area contributed by atoms with E-state index in [1.165, 1.54) is 31.9 Å². The average Bonchev–Trinajstić information content (AvgIpc) is 2.53. The van der Waals surface area contributed by atoms with Crippen LogP contribution in [-0.2, 0) is 0 Å². The van der Waals surface area contributed by atoms with Crippen LogP contribution in [-0.4, -0.2) is 50.1 Å². The van der Waals surface area contributed by atoms with Crippen molar-refractivity contribution in [1.29, 1.82) is 0 Å². The summed E-state index contributed by atoms with van der Waals surface area (Å²) in [5.41, 5.74) is -10.6. The zero-order valence-electron chi connectivity index (χ0n) is 12.6. The molecule has 0 nitrogen and oxygen atoms in total. The predicted octanol–water partition coefficient (Wildman–Crippen LogP) is 6.51. The Hall–Kier alpha value is -0.0451. The van der Waals surface area contributed by atoms with Crippen LogP contribution in [0, 0.1) is 0 Å². The van der Waals surface area contributed by atoms with E-state index in [2.05, 4.69) is 0 Å². The van der Waals surface area contributed by atoms with Crippen LogP contribution >= 0.6 is 43.3 Å². The number of allylic oxidation sites excluding steroid dienone is 4. The molecule has 0 fully saturated rings. The lowest BCUT2D eigenvalue weighted by Crippen LogP contribution is -2.77. The van der Waals surface area contributed by atoms with E-state index in [-0.39, 0.29) is 0 Å². The molecule has 2 rings (SSSR count). The van der Waals surface area contributed by atoms with Gasteiger partial charge in [-0.25, -0.2) is 17.6 Å². The van der Waals surface area contributed by atoms with Crippen molar-refractivity contribution < 1.29 is 52.7 Å². The molecule has 0 bridgehead atoms. The molecule has 28 heavy (non-hydrogen) atoms. The van der Waals surface area contributed by atoms with Crippen molar-refractivity contribution in [2.75, 3.05) is 0 Å². The Kier molecular flexibility index (Phi) is 5.20. The van der Waals surface area contributed by atoms with Gasteiger partial charge in [0.1, 0.15) is 0 Å². The number of alkyl halides is 14. The summed E-state index contributed by atoms with van der Waals surface area (Å²) < 4.78 is 159. The number of hydrogen-bond acceptors (Lipinski definition) is 0. The molecule has 0 aromatic carbocycles. The SMILES string of the molecule is FC1(Br)C=CC(F)(B(Cl)C2(F)C=CC(F)(Br)C(F)(F)C2(F)F)C(F)(F)C1(F)F. The van der Waals surface area contributed by atoms with E-state index >= 15 is 0 Å². The third-order valence-corrected chi connectivity index (χ3v) is 6.56. The second kappa shape index (κ2) is 6.01. The van der Waals surface area contributed by atoms with Crippen LogP contribution in [0.15, 0.2) is 24.3 Å². The van der Waals surface area contributed by atoms with Gasteiger partial charge in [-0.3, -0.25) is 0 Å². The highest BCUT2D eigenvalue weighted by Gasteiger charge is 2.88. The monoisotopic (exact) mass is 580 g/mol. The topological polar surface area (TPSA) is 0 Å². The highest BCUT2D eigenvalue weighted by molar-refractivity contribution is 9.10. The van der Waals surface area contributed by atoms with Gasteiger partial charge in [0.25, 0.3) is 9.16 Å². The Balaban J connectivity index is 2.73. The van der Waals surface area contributed by atoms with Crippen LogP contribution in [0.5, 0.6) is 0 Å². The lowest BCUT2D eigenvalue weighted by Gasteiger charge is -2.49. The smallest absolute Gasteiger partial charge is 0.240 e. The Morgan fingerprint density at radius 2 is 0.750 bits per heavy atom. The molecular weight excluding hydrogens is 578 g/mol. The first-order valence-corrected chi connectivity index (χ1v) is 8.79. The maximum atomic E-state index is 14.8. The predicted molar refractivity (Wildman–Crippen MR) is 82.9 cm³/mol. The van der Waals surface area contributed by atoms with Gasteiger partial charge >= 0.3 is 29.8 Å². The molecule has 0 saturated heterocycles. The molecule has 4 unspecified atom stereocenters. The van der Waals surface area contributed by atoms with Crippen molar-refractivity contribution in [3.63, 3.8) is 0 Å². The summed E-state index contributed by atoms with van der Waals surface area (Å²) in [6, 6.07) is 0. The summed E-state index contributed by atoms with van der Waals surface area (Å²) in [6.45, 7) is 0. The molecule has 16 heteroatoms. The molecule has 0 aliphatic heterocycles. The largest absolute Gasteiger partial charge is 0.359 e. The fourth-order valence-electron chi connectivity index (χ4n) is 2.56. The van der Waals surface area contributed by atoms with E-state index < -0.39 is 74.4 Å². The van der Waals surface area contributed by atoms with E-state index in [0.29, 0.717) is 0 Å². The second-order valence-electron chi connectivity index (χ2n) is 6.11. The molecule has 2 aliphatic carbocycles. The molecular formula is C12H4BBr2ClF12. The van der Waals surface area contributed by atoms with Crippen molar-refractivity contribution in [3.8, 4) is 0 Å². The molecule has 0 spiro atoms. The van der Waals surface area contributed by atoms with Crippen molar-refractivity contribution in [2.45, 2.75) is 44.0 Å². The van der Waals surface area contributed by atoms with Gasteiger partial charge in [-0.2, -0.15) is 46.6 Å². The molecule has 0 aromatic heterocycles. The van der Waals surface area contributed by atoms with Crippen molar-refractivity contribution in [1.82, 2.24) is 0 Å². The van der Waals surface area contributed by atoms with Crippen LogP contribution in [0.2, 0.25) is 0 Å². The summed E-state index contributed by atoms with van der Waals surface area (Å²) in [6.07, 6.45) is -6.95. The first-order chi connectivity index (χ1) is 12.1. The third kappa shape index (κ3) is 2.53. The molecule has 2 aliphatic rings. The van der Waals surface area contributed by atoms with E-state index in [1.54, 1.807) is 0 Å².